The third-order valence-electron chi connectivity index (χ3n) is 3.62. The highest BCUT2D eigenvalue weighted by Gasteiger charge is 2.11. The Morgan fingerprint density at radius 2 is 2.26 bits per heavy atom. The molecule has 0 saturated heterocycles. The lowest BCUT2D eigenvalue weighted by Gasteiger charge is -2.06. The SMILES string of the molecule is Cc1cscc1CNCCc1ccc2c(c1)CCO2. The molecule has 19 heavy (non-hydrogen) atoms. The first-order valence-electron chi connectivity index (χ1n) is 6.80. The number of aryl methyl sites for hydroxylation is 1. The highest BCUT2D eigenvalue weighted by atomic mass is 32.1. The van der Waals surface area contributed by atoms with Crippen molar-refractivity contribution in [1.82, 2.24) is 5.32 Å². The molecule has 0 amide bonds. The standard InChI is InChI=1S/C16H19NOS/c1-12-10-19-11-15(12)9-17-6-4-13-2-3-16-14(8-13)5-7-18-16/h2-3,8,10-11,17H,4-7,9H2,1H3. The van der Waals surface area contributed by atoms with E-state index in [0.29, 0.717) is 0 Å². The van der Waals surface area contributed by atoms with E-state index in [1.54, 1.807) is 11.3 Å². The summed E-state index contributed by atoms with van der Waals surface area (Å²) in [7, 11) is 0. The summed E-state index contributed by atoms with van der Waals surface area (Å²) in [6, 6.07) is 6.59. The van der Waals surface area contributed by atoms with Gasteiger partial charge in [0.15, 0.2) is 0 Å². The minimum Gasteiger partial charge on any atom is -0.493 e. The molecule has 2 nitrogen and oxygen atoms in total. The molecule has 0 aliphatic carbocycles. The fourth-order valence-electron chi connectivity index (χ4n) is 2.42. The van der Waals surface area contributed by atoms with Gasteiger partial charge in [0.2, 0.25) is 0 Å². The van der Waals surface area contributed by atoms with Crippen LogP contribution in [0.25, 0.3) is 0 Å². The van der Waals surface area contributed by atoms with Gasteiger partial charge in [-0.1, -0.05) is 12.1 Å². The summed E-state index contributed by atoms with van der Waals surface area (Å²) >= 11 is 1.78. The summed E-state index contributed by atoms with van der Waals surface area (Å²) in [5.41, 5.74) is 5.59. The van der Waals surface area contributed by atoms with Crippen LogP contribution in [0.4, 0.5) is 0 Å². The minimum absolute atomic E-state index is 0.842. The topological polar surface area (TPSA) is 21.3 Å². The van der Waals surface area contributed by atoms with Crippen LogP contribution in [0, 0.1) is 6.92 Å². The van der Waals surface area contributed by atoms with Gasteiger partial charge < -0.3 is 10.1 Å². The van der Waals surface area contributed by atoms with Crippen LogP contribution < -0.4 is 10.1 Å². The molecule has 1 aliphatic heterocycles. The van der Waals surface area contributed by atoms with E-state index in [9.17, 15) is 0 Å². The van der Waals surface area contributed by atoms with Crippen molar-refractivity contribution in [3.05, 3.63) is 51.2 Å². The molecule has 0 saturated carbocycles. The Balaban J connectivity index is 1.49. The predicted octanol–water partition coefficient (Wildman–Crippen LogP) is 3.32. The summed E-state index contributed by atoms with van der Waals surface area (Å²) in [5, 5.41) is 7.96. The zero-order chi connectivity index (χ0) is 13.1. The molecule has 1 aromatic heterocycles. The third kappa shape index (κ3) is 2.99. The second-order valence-corrected chi connectivity index (χ2v) is 5.79. The van der Waals surface area contributed by atoms with Gasteiger partial charge in [-0.25, -0.2) is 0 Å². The van der Waals surface area contributed by atoms with Crippen molar-refractivity contribution in [3.63, 3.8) is 0 Å². The monoisotopic (exact) mass is 273 g/mol. The second-order valence-electron chi connectivity index (χ2n) is 5.05. The minimum atomic E-state index is 0.842. The Morgan fingerprint density at radius 1 is 1.32 bits per heavy atom. The molecule has 0 atom stereocenters. The van der Waals surface area contributed by atoms with Gasteiger partial charge in [0.1, 0.15) is 5.75 Å². The molecule has 0 fully saturated rings. The van der Waals surface area contributed by atoms with E-state index in [-0.39, 0.29) is 0 Å². The molecule has 0 bridgehead atoms. The second kappa shape index (κ2) is 5.76. The zero-order valence-electron chi connectivity index (χ0n) is 11.2. The molecule has 0 unspecified atom stereocenters. The van der Waals surface area contributed by atoms with Crippen molar-refractivity contribution in [2.24, 2.45) is 0 Å². The van der Waals surface area contributed by atoms with Crippen LogP contribution in [0.2, 0.25) is 0 Å². The number of hydrogen-bond donors (Lipinski definition) is 1. The highest BCUT2D eigenvalue weighted by Crippen LogP contribution is 2.25. The van der Waals surface area contributed by atoms with E-state index >= 15 is 0 Å². The number of nitrogens with one attached hydrogen (secondary N) is 1. The molecule has 1 N–H and O–H groups in total. The molecule has 3 heteroatoms. The van der Waals surface area contributed by atoms with Crippen molar-refractivity contribution in [2.75, 3.05) is 13.2 Å². The number of ether oxygens (including phenoxy) is 1. The van der Waals surface area contributed by atoms with Crippen LogP contribution in [0.15, 0.2) is 29.0 Å². The molecule has 2 heterocycles. The summed E-state index contributed by atoms with van der Waals surface area (Å²) in [5.74, 6) is 1.07. The smallest absolute Gasteiger partial charge is 0.122 e. The van der Waals surface area contributed by atoms with E-state index in [0.717, 1.165) is 38.3 Å². The molecule has 1 aromatic carbocycles. The Morgan fingerprint density at radius 3 is 3.11 bits per heavy atom. The fourth-order valence-corrected chi connectivity index (χ4v) is 3.28. The van der Waals surface area contributed by atoms with Crippen LogP contribution in [0.5, 0.6) is 5.75 Å². The van der Waals surface area contributed by atoms with Gasteiger partial charge in [0.25, 0.3) is 0 Å². The lowest BCUT2D eigenvalue weighted by atomic mass is 10.1. The first kappa shape index (κ1) is 12.7. The van der Waals surface area contributed by atoms with Gasteiger partial charge in [-0.2, -0.15) is 11.3 Å². The number of benzene rings is 1. The largest absolute Gasteiger partial charge is 0.493 e. The number of hydrogen-bond acceptors (Lipinski definition) is 3. The fraction of sp³-hybridized carbons (Fsp3) is 0.375. The van der Waals surface area contributed by atoms with Crippen molar-refractivity contribution in [2.45, 2.75) is 26.3 Å². The lowest BCUT2D eigenvalue weighted by molar-refractivity contribution is 0.357. The third-order valence-corrected chi connectivity index (χ3v) is 4.53. The number of fused-ring (bicyclic) bond motifs is 1. The van der Waals surface area contributed by atoms with Crippen molar-refractivity contribution in [3.8, 4) is 5.75 Å². The lowest BCUT2D eigenvalue weighted by Crippen LogP contribution is -2.16. The average molecular weight is 273 g/mol. The Kier molecular flexibility index (Phi) is 3.85. The van der Waals surface area contributed by atoms with Gasteiger partial charge >= 0.3 is 0 Å². The summed E-state index contributed by atoms with van der Waals surface area (Å²) in [6.45, 7) is 5.01. The normalized spacial score (nSPS) is 13.3. The molecule has 100 valence electrons. The molecule has 0 radical (unpaired) electrons. The predicted molar refractivity (Wildman–Crippen MR) is 80.1 cm³/mol. The summed E-state index contributed by atoms with van der Waals surface area (Å²) in [4.78, 5) is 0. The average Bonchev–Trinajstić information content (AvgIpc) is 3.03. The first-order valence-corrected chi connectivity index (χ1v) is 7.74. The van der Waals surface area contributed by atoms with E-state index in [4.69, 9.17) is 4.74 Å². The maximum absolute atomic E-state index is 5.53. The van der Waals surface area contributed by atoms with Crippen molar-refractivity contribution in [1.29, 1.82) is 0 Å². The van der Waals surface area contributed by atoms with E-state index < -0.39 is 0 Å². The molecule has 3 rings (SSSR count). The van der Waals surface area contributed by atoms with Gasteiger partial charge in [-0.05, 0) is 59.0 Å². The van der Waals surface area contributed by atoms with Crippen LogP contribution >= 0.6 is 11.3 Å². The summed E-state index contributed by atoms with van der Waals surface area (Å²) in [6.07, 6.45) is 2.14. The Hall–Kier alpha value is -1.32. The number of rotatable bonds is 5. The zero-order valence-corrected chi connectivity index (χ0v) is 12.1. The summed E-state index contributed by atoms with van der Waals surface area (Å²) < 4.78 is 5.53. The van der Waals surface area contributed by atoms with E-state index in [1.165, 1.54) is 22.3 Å². The van der Waals surface area contributed by atoms with Crippen molar-refractivity contribution >= 4 is 11.3 Å². The first-order chi connectivity index (χ1) is 9.33. The Bertz CT molecular complexity index is 562. The Labute approximate surface area is 118 Å². The number of thiophene rings is 1. The molecule has 0 spiro atoms. The molecule has 1 aliphatic rings. The van der Waals surface area contributed by atoms with E-state index in [1.807, 2.05) is 0 Å². The van der Waals surface area contributed by atoms with Gasteiger partial charge in [-0.15, -0.1) is 0 Å². The van der Waals surface area contributed by atoms with Crippen LogP contribution in [-0.4, -0.2) is 13.2 Å². The van der Waals surface area contributed by atoms with Gasteiger partial charge in [-0.3, -0.25) is 0 Å². The van der Waals surface area contributed by atoms with E-state index in [2.05, 4.69) is 41.2 Å². The molecular weight excluding hydrogens is 254 g/mol. The highest BCUT2D eigenvalue weighted by molar-refractivity contribution is 7.08. The van der Waals surface area contributed by atoms with Gasteiger partial charge in [0.05, 0.1) is 6.61 Å². The molecular formula is C16H19NOS. The van der Waals surface area contributed by atoms with Crippen LogP contribution in [0.3, 0.4) is 0 Å². The quantitative estimate of drug-likeness (QED) is 0.844. The van der Waals surface area contributed by atoms with Crippen LogP contribution in [-0.2, 0) is 19.4 Å². The van der Waals surface area contributed by atoms with Crippen LogP contribution in [0.1, 0.15) is 22.3 Å². The van der Waals surface area contributed by atoms with Gasteiger partial charge in [0, 0.05) is 13.0 Å². The maximum atomic E-state index is 5.53. The molecule has 2 aromatic rings. The van der Waals surface area contributed by atoms with Crippen molar-refractivity contribution < 1.29 is 4.74 Å². The maximum Gasteiger partial charge on any atom is 0.122 e.